The van der Waals surface area contributed by atoms with Gasteiger partial charge in [0, 0.05) is 18.2 Å². The van der Waals surface area contributed by atoms with Gasteiger partial charge < -0.3 is 15.8 Å². The summed E-state index contributed by atoms with van der Waals surface area (Å²) in [7, 11) is 0. The van der Waals surface area contributed by atoms with Crippen molar-refractivity contribution in [3.05, 3.63) is 24.3 Å². The van der Waals surface area contributed by atoms with Gasteiger partial charge >= 0.3 is 0 Å². The van der Waals surface area contributed by atoms with Crippen LogP contribution in [0.25, 0.3) is 0 Å². The molecule has 1 unspecified atom stereocenters. The minimum absolute atomic E-state index is 0.0224. The summed E-state index contributed by atoms with van der Waals surface area (Å²) in [5.74, 6) is 0.809. The molecule has 106 valence electrons. The van der Waals surface area contributed by atoms with Gasteiger partial charge in [-0.2, -0.15) is 0 Å². The highest BCUT2D eigenvalue weighted by Gasteiger charge is 2.05. The summed E-state index contributed by atoms with van der Waals surface area (Å²) in [4.78, 5) is 11.7. The van der Waals surface area contributed by atoms with Gasteiger partial charge in [-0.15, -0.1) is 0 Å². The third-order valence-electron chi connectivity index (χ3n) is 2.89. The minimum Gasteiger partial charge on any atom is -0.491 e. The van der Waals surface area contributed by atoms with Crippen LogP contribution in [0.15, 0.2) is 24.3 Å². The van der Waals surface area contributed by atoms with Crippen molar-refractivity contribution in [2.45, 2.75) is 45.6 Å². The Morgan fingerprint density at radius 2 is 2.21 bits per heavy atom. The number of nitrogens with one attached hydrogen (secondary N) is 1. The van der Waals surface area contributed by atoms with Crippen molar-refractivity contribution in [1.29, 1.82) is 0 Å². The maximum absolute atomic E-state index is 11.7. The van der Waals surface area contributed by atoms with Crippen LogP contribution in [0.1, 0.15) is 39.5 Å². The second-order valence-corrected chi connectivity index (χ2v) is 4.66. The minimum atomic E-state index is 0.0224. The number of unbranched alkanes of at least 4 members (excludes halogenated alkanes) is 1. The molecule has 0 heterocycles. The fraction of sp³-hybridized carbons (Fsp3) is 0.533. The van der Waals surface area contributed by atoms with E-state index in [1.165, 1.54) is 0 Å². The molecule has 0 saturated carbocycles. The number of amides is 1. The summed E-state index contributed by atoms with van der Waals surface area (Å²) in [5.41, 5.74) is 6.17. The van der Waals surface area contributed by atoms with Crippen molar-refractivity contribution < 1.29 is 9.53 Å². The lowest BCUT2D eigenvalue weighted by atomic mass is 10.2. The zero-order valence-corrected chi connectivity index (χ0v) is 11.8. The maximum Gasteiger partial charge on any atom is 0.224 e. The first-order valence-electron chi connectivity index (χ1n) is 6.92. The molecule has 0 fully saturated rings. The molecular weight excluding hydrogens is 240 g/mol. The van der Waals surface area contributed by atoms with Crippen molar-refractivity contribution in [2.24, 2.45) is 5.73 Å². The van der Waals surface area contributed by atoms with Crippen molar-refractivity contribution in [3.63, 3.8) is 0 Å². The Balaban J connectivity index is 2.49. The van der Waals surface area contributed by atoms with E-state index in [4.69, 9.17) is 10.5 Å². The van der Waals surface area contributed by atoms with Crippen LogP contribution >= 0.6 is 0 Å². The van der Waals surface area contributed by atoms with Gasteiger partial charge in [-0.1, -0.05) is 13.0 Å². The van der Waals surface area contributed by atoms with Gasteiger partial charge in [-0.25, -0.2) is 0 Å². The number of nitrogens with two attached hydrogens (primary N) is 1. The van der Waals surface area contributed by atoms with Gasteiger partial charge in [-0.05, 0) is 44.9 Å². The van der Waals surface area contributed by atoms with Gasteiger partial charge in [0.25, 0.3) is 0 Å². The van der Waals surface area contributed by atoms with E-state index in [9.17, 15) is 4.79 Å². The second-order valence-electron chi connectivity index (χ2n) is 4.66. The molecule has 4 heteroatoms. The molecule has 3 N–H and O–H groups in total. The van der Waals surface area contributed by atoms with E-state index in [-0.39, 0.29) is 12.0 Å². The first-order valence-corrected chi connectivity index (χ1v) is 6.92. The monoisotopic (exact) mass is 264 g/mol. The molecule has 0 aliphatic carbocycles. The van der Waals surface area contributed by atoms with Crippen LogP contribution in [0.2, 0.25) is 0 Å². The number of hydrogen-bond donors (Lipinski definition) is 2. The van der Waals surface area contributed by atoms with Crippen LogP contribution in [0.3, 0.4) is 0 Å². The average Bonchev–Trinajstić information content (AvgIpc) is 2.39. The van der Waals surface area contributed by atoms with E-state index in [0.29, 0.717) is 13.0 Å². The fourth-order valence-corrected chi connectivity index (χ4v) is 1.62. The molecule has 0 bridgehead atoms. The summed E-state index contributed by atoms with van der Waals surface area (Å²) in [6, 6.07) is 7.50. The highest BCUT2D eigenvalue weighted by Crippen LogP contribution is 2.19. The Morgan fingerprint density at radius 3 is 2.89 bits per heavy atom. The second kappa shape index (κ2) is 8.53. The Labute approximate surface area is 115 Å². The zero-order chi connectivity index (χ0) is 14.1. The number of anilines is 1. The molecule has 0 spiro atoms. The highest BCUT2D eigenvalue weighted by molar-refractivity contribution is 5.90. The predicted octanol–water partition coefficient (Wildman–Crippen LogP) is 2.93. The lowest BCUT2D eigenvalue weighted by molar-refractivity contribution is -0.116. The summed E-state index contributed by atoms with van der Waals surface area (Å²) >= 11 is 0. The molecule has 1 rings (SSSR count). The van der Waals surface area contributed by atoms with Crippen molar-refractivity contribution in [3.8, 4) is 5.75 Å². The smallest absolute Gasteiger partial charge is 0.224 e. The van der Waals surface area contributed by atoms with E-state index >= 15 is 0 Å². The van der Waals surface area contributed by atoms with Crippen molar-refractivity contribution in [2.75, 3.05) is 11.9 Å². The van der Waals surface area contributed by atoms with E-state index in [0.717, 1.165) is 30.7 Å². The normalized spacial score (nSPS) is 11.9. The molecule has 0 aliphatic rings. The van der Waals surface area contributed by atoms with E-state index in [2.05, 4.69) is 12.2 Å². The standard InChI is InChI=1S/C15H24N2O2/c1-3-12(2)19-14-8-6-7-13(11-14)17-15(18)9-4-5-10-16/h6-8,11-12H,3-5,9-10,16H2,1-2H3,(H,17,18). The molecule has 1 amide bonds. The molecule has 4 nitrogen and oxygen atoms in total. The van der Waals surface area contributed by atoms with Crippen LogP contribution in [0, 0.1) is 0 Å². The lowest BCUT2D eigenvalue weighted by Crippen LogP contribution is -2.13. The predicted molar refractivity (Wildman–Crippen MR) is 78.4 cm³/mol. The van der Waals surface area contributed by atoms with Gasteiger partial charge in [0.15, 0.2) is 0 Å². The molecule has 19 heavy (non-hydrogen) atoms. The molecule has 0 aliphatic heterocycles. The molecule has 1 aromatic carbocycles. The molecule has 0 radical (unpaired) electrons. The zero-order valence-electron chi connectivity index (χ0n) is 11.8. The topological polar surface area (TPSA) is 64.3 Å². The molecular formula is C15H24N2O2. The maximum atomic E-state index is 11.7. The third-order valence-corrected chi connectivity index (χ3v) is 2.89. The fourth-order valence-electron chi connectivity index (χ4n) is 1.62. The largest absolute Gasteiger partial charge is 0.491 e. The van der Waals surface area contributed by atoms with Crippen molar-refractivity contribution in [1.82, 2.24) is 0 Å². The Hall–Kier alpha value is -1.55. The number of hydrogen-bond acceptors (Lipinski definition) is 3. The van der Waals surface area contributed by atoms with E-state index in [1.54, 1.807) is 0 Å². The summed E-state index contributed by atoms with van der Waals surface area (Å²) < 4.78 is 5.72. The summed E-state index contributed by atoms with van der Waals surface area (Å²) in [6.07, 6.45) is 3.34. The van der Waals surface area contributed by atoms with Crippen LogP contribution in [-0.4, -0.2) is 18.6 Å². The first-order chi connectivity index (χ1) is 9.15. The number of benzene rings is 1. The summed E-state index contributed by atoms with van der Waals surface area (Å²) in [5, 5.41) is 2.87. The molecule has 1 atom stereocenters. The van der Waals surface area contributed by atoms with Crippen LogP contribution in [0.5, 0.6) is 5.75 Å². The van der Waals surface area contributed by atoms with E-state index in [1.807, 2.05) is 31.2 Å². The van der Waals surface area contributed by atoms with Gasteiger partial charge in [-0.3, -0.25) is 4.79 Å². The Bertz CT molecular complexity index is 393. The highest BCUT2D eigenvalue weighted by atomic mass is 16.5. The van der Waals surface area contributed by atoms with Crippen LogP contribution in [0.4, 0.5) is 5.69 Å². The van der Waals surface area contributed by atoms with Crippen molar-refractivity contribution >= 4 is 11.6 Å². The Kier molecular flexibility index (Phi) is 6.97. The SMILES string of the molecule is CCC(C)Oc1cccc(NC(=O)CCCCN)c1. The van der Waals surface area contributed by atoms with E-state index < -0.39 is 0 Å². The molecule has 0 saturated heterocycles. The van der Waals surface area contributed by atoms with Gasteiger partial charge in [0.05, 0.1) is 6.10 Å². The third kappa shape index (κ3) is 6.25. The average molecular weight is 264 g/mol. The summed E-state index contributed by atoms with van der Waals surface area (Å²) in [6.45, 7) is 4.73. The number of ether oxygens (including phenoxy) is 1. The number of carbonyl (C=O) groups excluding carboxylic acids is 1. The Morgan fingerprint density at radius 1 is 1.42 bits per heavy atom. The van der Waals surface area contributed by atoms with Gasteiger partial charge in [0.2, 0.25) is 5.91 Å². The lowest BCUT2D eigenvalue weighted by Gasteiger charge is -2.13. The molecule has 1 aromatic rings. The number of rotatable bonds is 8. The number of carbonyl (C=O) groups is 1. The first kappa shape index (κ1) is 15.5. The van der Waals surface area contributed by atoms with Gasteiger partial charge in [0.1, 0.15) is 5.75 Å². The molecule has 0 aromatic heterocycles. The quantitative estimate of drug-likeness (QED) is 0.709. The van der Waals surface area contributed by atoms with Crippen LogP contribution < -0.4 is 15.8 Å². The van der Waals surface area contributed by atoms with Crippen LogP contribution in [-0.2, 0) is 4.79 Å².